The number of hydrogen-bond acceptors (Lipinski definition) is 4. The zero-order valence-corrected chi connectivity index (χ0v) is 14.4. The zero-order valence-electron chi connectivity index (χ0n) is 14.4. The first-order valence-corrected chi connectivity index (χ1v) is 8.10. The second-order valence-electron chi connectivity index (χ2n) is 7.15. The molecule has 25 heavy (non-hydrogen) atoms. The molecule has 0 saturated heterocycles. The number of carbonyl (C=O) groups excluding carboxylic acids is 1. The van der Waals surface area contributed by atoms with Crippen molar-refractivity contribution in [3.63, 3.8) is 0 Å². The maximum Gasteiger partial charge on any atom is 0.421 e. The molecule has 0 aliphatic heterocycles. The largest absolute Gasteiger partial charge is 0.458 e. The van der Waals surface area contributed by atoms with Crippen molar-refractivity contribution in [2.24, 2.45) is 0 Å². The van der Waals surface area contributed by atoms with E-state index >= 15 is 0 Å². The maximum atomic E-state index is 12.9. The molecule has 0 amide bonds. The van der Waals surface area contributed by atoms with E-state index in [4.69, 9.17) is 9.47 Å². The minimum absolute atomic E-state index is 0.256. The number of alkyl halides is 3. The Morgan fingerprint density at radius 3 is 2.56 bits per heavy atom. The van der Waals surface area contributed by atoms with Crippen LogP contribution in [0.5, 0.6) is 0 Å². The summed E-state index contributed by atoms with van der Waals surface area (Å²) in [6.45, 7) is 4.96. The van der Waals surface area contributed by atoms with Crippen molar-refractivity contribution in [1.29, 1.82) is 0 Å². The van der Waals surface area contributed by atoms with E-state index in [1.807, 2.05) is 0 Å². The van der Waals surface area contributed by atoms with Crippen molar-refractivity contribution in [3.8, 4) is 0 Å². The Morgan fingerprint density at radius 2 is 1.96 bits per heavy atom. The van der Waals surface area contributed by atoms with Crippen molar-refractivity contribution >= 4 is 5.97 Å². The number of halogens is 3. The van der Waals surface area contributed by atoms with Gasteiger partial charge in [0.1, 0.15) is 17.8 Å². The van der Waals surface area contributed by atoms with Crippen molar-refractivity contribution in [2.75, 3.05) is 6.61 Å². The van der Waals surface area contributed by atoms with Crippen LogP contribution >= 0.6 is 0 Å². The molecule has 1 N–H and O–H groups in total. The van der Waals surface area contributed by atoms with E-state index in [2.05, 4.69) is 4.98 Å². The fourth-order valence-electron chi connectivity index (χ4n) is 2.98. The van der Waals surface area contributed by atoms with Gasteiger partial charge >= 0.3 is 12.1 Å². The molecule has 0 bridgehead atoms. The third-order valence-corrected chi connectivity index (χ3v) is 3.95. The number of carbonyl (C=O) groups is 1. The molecule has 1 aliphatic rings. The van der Waals surface area contributed by atoms with Gasteiger partial charge in [-0.05, 0) is 45.2 Å². The Balaban J connectivity index is 2.09. The summed E-state index contributed by atoms with van der Waals surface area (Å²) in [5.74, 6) is -0.823. The lowest BCUT2D eigenvalue weighted by atomic mass is 9.96. The summed E-state index contributed by atoms with van der Waals surface area (Å²) < 4.78 is 49.5. The number of hydrogen-bond donors (Lipinski definition) is 1. The first kappa shape index (κ1) is 19.5. The highest BCUT2D eigenvalue weighted by Crippen LogP contribution is 2.37. The molecule has 1 aromatic rings. The number of nitrogens with one attached hydrogen (secondary N) is 1. The Hall–Kier alpha value is -1.83. The Labute approximate surface area is 143 Å². The third-order valence-electron chi connectivity index (χ3n) is 3.95. The fourth-order valence-corrected chi connectivity index (χ4v) is 2.98. The number of pyridine rings is 1. The van der Waals surface area contributed by atoms with Gasteiger partial charge in [-0.15, -0.1) is 0 Å². The Morgan fingerprint density at radius 1 is 1.28 bits per heavy atom. The van der Waals surface area contributed by atoms with E-state index in [0.717, 1.165) is 12.5 Å². The summed E-state index contributed by atoms with van der Waals surface area (Å²) >= 11 is 0. The second kappa shape index (κ2) is 7.19. The lowest BCUT2D eigenvalue weighted by molar-refractivity contribution is -0.162. The molecular formula is C17H22F3NO4. The van der Waals surface area contributed by atoms with Gasteiger partial charge in [0.15, 0.2) is 0 Å². The van der Waals surface area contributed by atoms with Gasteiger partial charge in [-0.2, -0.15) is 13.2 Å². The van der Waals surface area contributed by atoms with Gasteiger partial charge in [-0.25, -0.2) is 4.79 Å². The smallest absolute Gasteiger partial charge is 0.421 e. The van der Waals surface area contributed by atoms with Crippen LogP contribution in [0.15, 0.2) is 17.1 Å². The Bertz CT molecular complexity index is 676. The minimum Gasteiger partial charge on any atom is -0.458 e. The zero-order chi connectivity index (χ0) is 18.8. The van der Waals surface area contributed by atoms with E-state index in [1.165, 1.54) is 6.20 Å². The molecule has 1 aromatic heterocycles. The average molecular weight is 361 g/mol. The van der Waals surface area contributed by atoms with Crippen LogP contribution in [-0.4, -0.2) is 29.3 Å². The van der Waals surface area contributed by atoms with Gasteiger partial charge in [-0.1, -0.05) is 6.42 Å². The molecule has 1 heterocycles. The highest BCUT2D eigenvalue weighted by atomic mass is 19.4. The number of ether oxygens (including phenoxy) is 2. The van der Waals surface area contributed by atoms with Gasteiger partial charge in [0.05, 0.1) is 6.10 Å². The minimum atomic E-state index is -4.71. The van der Waals surface area contributed by atoms with Crippen LogP contribution in [0.3, 0.4) is 0 Å². The highest BCUT2D eigenvalue weighted by molar-refractivity contribution is 5.71. The number of aromatic amines is 1. The van der Waals surface area contributed by atoms with E-state index < -0.39 is 28.9 Å². The quantitative estimate of drug-likeness (QED) is 0.835. The Kier molecular flexibility index (Phi) is 5.61. The predicted molar refractivity (Wildman–Crippen MR) is 84.2 cm³/mol. The topological polar surface area (TPSA) is 68.4 Å². The summed E-state index contributed by atoms with van der Waals surface area (Å²) in [5, 5.41) is 0. The van der Waals surface area contributed by atoms with Gasteiger partial charge < -0.3 is 14.5 Å². The van der Waals surface area contributed by atoms with Crippen LogP contribution in [0, 0.1) is 0 Å². The molecule has 140 valence electrons. The van der Waals surface area contributed by atoms with E-state index in [0.29, 0.717) is 18.4 Å². The summed E-state index contributed by atoms with van der Waals surface area (Å²) in [7, 11) is 0. The van der Waals surface area contributed by atoms with Crippen molar-refractivity contribution in [2.45, 2.75) is 63.8 Å². The van der Waals surface area contributed by atoms with Crippen LogP contribution in [-0.2, 0) is 20.4 Å². The fraction of sp³-hybridized carbons (Fsp3) is 0.647. The summed E-state index contributed by atoms with van der Waals surface area (Å²) in [5.41, 5.74) is -2.65. The van der Waals surface area contributed by atoms with Crippen LogP contribution in [0.4, 0.5) is 13.2 Å². The third kappa shape index (κ3) is 5.32. The molecule has 5 nitrogen and oxygen atoms in total. The molecule has 1 fully saturated rings. The molecule has 2 atom stereocenters. The maximum absolute atomic E-state index is 12.9. The normalized spacial score (nSPS) is 21.4. The number of aromatic nitrogens is 1. The van der Waals surface area contributed by atoms with Crippen molar-refractivity contribution in [1.82, 2.24) is 4.98 Å². The molecule has 0 radical (unpaired) electrons. The van der Waals surface area contributed by atoms with Gasteiger partial charge in [0.2, 0.25) is 0 Å². The van der Waals surface area contributed by atoms with Crippen molar-refractivity contribution < 1.29 is 27.4 Å². The van der Waals surface area contributed by atoms with E-state index in [-0.39, 0.29) is 18.6 Å². The predicted octanol–water partition coefficient (Wildman–Crippen LogP) is 3.39. The number of esters is 1. The molecule has 1 saturated carbocycles. The van der Waals surface area contributed by atoms with Crippen LogP contribution < -0.4 is 5.56 Å². The number of rotatable bonds is 4. The average Bonchev–Trinajstić information content (AvgIpc) is 2.91. The molecule has 0 unspecified atom stereocenters. The molecular weight excluding hydrogens is 339 g/mol. The van der Waals surface area contributed by atoms with Crippen molar-refractivity contribution in [3.05, 3.63) is 33.7 Å². The first-order valence-electron chi connectivity index (χ1n) is 8.10. The van der Waals surface area contributed by atoms with Gasteiger partial charge in [-0.3, -0.25) is 4.79 Å². The molecule has 2 rings (SSSR count). The van der Waals surface area contributed by atoms with Gasteiger partial charge in [0, 0.05) is 12.1 Å². The summed E-state index contributed by atoms with van der Waals surface area (Å²) in [4.78, 5) is 25.3. The van der Waals surface area contributed by atoms with Gasteiger partial charge in [0.25, 0.3) is 5.56 Å². The van der Waals surface area contributed by atoms with E-state index in [1.54, 1.807) is 20.8 Å². The highest BCUT2D eigenvalue weighted by Gasteiger charge is 2.36. The molecule has 1 aliphatic carbocycles. The molecule has 0 spiro atoms. The SMILES string of the molecule is CC(C)(C)OC(=O)CO[C@H]1CCC[C@@H]1c1c[nH]c(=O)c(C(F)(F)F)c1. The first-order chi connectivity index (χ1) is 11.5. The van der Waals surface area contributed by atoms with Crippen LogP contribution in [0.2, 0.25) is 0 Å². The van der Waals surface area contributed by atoms with Crippen LogP contribution in [0.25, 0.3) is 0 Å². The molecule has 8 heteroatoms. The van der Waals surface area contributed by atoms with Crippen LogP contribution in [0.1, 0.15) is 57.1 Å². The monoisotopic (exact) mass is 361 g/mol. The molecule has 0 aromatic carbocycles. The second-order valence-corrected chi connectivity index (χ2v) is 7.15. The summed E-state index contributed by atoms with van der Waals surface area (Å²) in [6, 6.07) is 0.874. The summed E-state index contributed by atoms with van der Waals surface area (Å²) in [6.07, 6.45) is -1.79. The number of H-pyrrole nitrogens is 1. The lowest BCUT2D eigenvalue weighted by Gasteiger charge is -2.23. The standard InChI is InChI=1S/C17H22F3NO4/c1-16(2,3)25-14(22)9-24-13-6-4-5-11(13)10-7-12(17(18,19)20)15(23)21-8-10/h7-8,11,13H,4-6,9H2,1-3H3,(H,21,23)/t11-,13+/m1/s1. The lowest BCUT2D eigenvalue weighted by Crippen LogP contribution is -2.29. The van der Waals surface area contributed by atoms with E-state index in [9.17, 15) is 22.8 Å².